The molecule has 1 fully saturated rings. The van der Waals surface area contributed by atoms with Crippen LogP contribution in [0.1, 0.15) is 55.1 Å². The van der Waals surface area contributed by atoms with E-state index in [1.54, 1.807) is 13.8 Å². The van der Waals surface area contributed by atoms with Crippen LogP contribution in [0.5, 0.6) is 0 Å². The minimum atomic E-state index is -1.01. The van der Waals surface area contributed by atoms with Crippen molar-refractivity contribution in [1.29, 1.82) is 0 Å². The summed E-state index contributed by atoms with van der Waals surface area (Å²) >= 11 is 0. The van der Waals surface area contributed by atoms with Crippen molar-refractivity contribution < 1.29 is 5.11 Å². The molecule has 1 atom stereocenters. The minimum absolute atomic E-state index is 0.247. The van der Waals surface area contributed by atoms with Crippen molar-refractivity contribution in [2.24, 2.45) is 0 Å². The van der Waals surface area contributed by atoms with Gasteiger partial charge in [-0.1, -0.05) is 60.7 Å². The fraction of sp³-hybridized carbons (Fsp3) is 0.321. The van der Waals surface area contributed by atoms with Gasteiger partial charge >= 0.3 is 0 Å². The molecule has 0 aliphatic carbocycles. The lowest BCUT2D eigenvalue weighted by Gasteiger charge is -2.34. The van der Waals surface area contributed by atoms with Crippen LogP contribution in [0.2, 0.25) is 0 Å². The highest BCUT2D eigenvalue weighted by molar-refractivity contribution is 5.93. The lowest BCUT2D eigenvalue weighted by molar-refractivity contribution is 0.0790. The number of nitrogens with zero attached hydrogens (tertiary/aromatic N) is 4. The van der Waals surface area contributed by atoms with Gasteiger partial charge in [0.2, 0.25) is 0 Å². The summed E-state index contributed by atoms with van der Waals surface area (Å²) in [5, 5.41) is 22.0. The average molecular weight is 454 g/mol. The predicted octanol–water partition coefficient (Wildman–Crippen LogP) is 4.81. The van der Waals surface area contributed by atoms with Gasteiger partial charge in [0.15, 0.2) is 5.82 Å². The summed E-state index contributed by atoms with van der Waals surface area (Å²) in [6.45, 7) is 5.21. The predicted molar refractivity (Wildman–Crippen MR) is 137 cm³/mol. The van der Waals surface area contributed by atoms with Crippen LogP contribution in [0.4, 0.5) is 11.6 Å². The van der Waals surface area contributed by atoms with Crippen LogP contribution in [0.3, 0.4) is 0 Å². The first-order valence-electron chi connectivity index (χ1n) is 11.9. The zero-order chi connectivity index (χ0) is 23.7. The molecule has 174 valence electrons. The number of nitrogen functional groups attached to an aromatic ring is 1. The monoisotopic (exact) mass is 453 g/mol. The Bertz CT molecular complexity index is 1300. The number of aliphatic hydroxyl groups is 1. The SMILES string of the molecule is CC(C)(O)c1ccc(C2CCCN(c3nnc(Cc4ccccc4)c4ccccc34)C2)nc1N. The maximum Gasteiger partial charge on any atom is 0.159 e. The van der Waals surface area contributed by atoms with E-state index in [-0.39, 0.29) is 5.92 Å². The Morgan fingerprint density at radius 2 is 1.71 bits per heavy atom. The normalized spacial score (nSPS) is 16.7. The molecule has 0 radical (unpaired) electrons. The third-order valence-corrected chi connectivity index (χ3v) is 6.70. The topological polar surface area (TPSA) is 88.2 Å². The highest BCUT2D eigenvalue weighted by Crippen LogP contribution is 2.34. The molecule has 2 aromatic carbocycles. The molecular weight excluding hydrogens is 422 g/mol. The molecule has 1 aliphatic heterocycles. The Morgan fingerprint density at radius 1 is 0.971 bits per heavy atom. The van der Waals surface area contributed by atoms with E-state index < -0.39 is 5.60 Å². The number of rotatable bonds is 5. The molecule has 1 unspecified atom stereocenters. The van der Waals surface area contributed by atoms with Gasteiger partial charge in [-0.2, -0.15) is 5.10 Å². The van der Waals surface area contributed by atoms with Crippen LogP contribution in [-0.2, 0) is 12.0 Å². The second kappa shape index (κ2) is 9.03. The maximum atomic E-state index is 10.3. The van der Waals surface area contributed by atoms with E-state index in [0.717, 1.165) is 60.3 Å². The van der Waals surface area contributed by atoms with Crippen LogP contribution in [-0.4, -0.2) is 33.4 Å². The lowest BCUT2D eigenvalue weighted by atomic mass is 9.92. The van der Waals surface area contributed by atoms with Crippen LogP contribution in [0, 0.1) is 0 Å². The standard InChI is InChI=1S/C28H31N5O/c1-28(2,34)23-14-15-24(30-26(23)29)20-11-8-16-33(18-20)27-22-13-7-6-12-21(22)25(31-32-27)17-19-9-4-3-5-10-19/h3-7,9-10,12-15,20,34H,8,11,16-18H2,1-2H3,(H2,29,30). The summed E-state index contributed by atoms with van der Waals surface area (Å²) in [7, 11) is 0. The number of nitrogens with two attached hydrogens (primary N) is 1. The van der Waals surface area contributed by atoms with E-state index in [0.29, 0.717) is 11.4 Å². The fourth-order valence-corrected chi connectivity index (χ4v) is 4.94. The molecule has 3 N–H and O–H groups in total. The molecule has 0 saturated carbocycles. The molecule has 5 rings (SSSR count). The first-order valence-corrected chi connectivity index (χ1v) is 11.9. The Labute approximate surface area is 200 Å². The summed E-state index contributed by atoms with van der Waals surface area (Å²) in [6.07, 6.45) is 2.84. The number of pyridine rings is 1. The molecule has 6 heteroatoms. The molecule has 3 heterocycles. The average Bonchev–Trinajstić information content (AvgIpc) is 2.84. The maximum absolute atomic E-state index is 10.3. The Kier molecular flexibility index (Phi) is 5.92. The largest absolute Gasteiger partial charge is 0.386 e. The summed E-state index contributed by atoms with van der Waals surface area (Å²) in [5.41, 5.74) is 9.05. The molecule has 34 heavy (non-hydrogen) atoms. The summed E-state index contributed by atoms with van der Waals surface area (Å²) in [4.78, 5) is 7.00. The van der Waals surface area contributed by atoms with E-state index >= 15 is 0 Å². The molecule has 1 aliphatic rings. The number of benzene rings is 2. The summed E-state index contributed by atoms with van der Waals surface area (Å²) in [6, 6.07) is 22.7. The van der Waals surface area contributed by atoms with Crippen molar-refractivity contribution in [2.45, 2.75) is 44.6 Å². The third kappa shape index (κ3) is 4.46. The highest BCUT2D eigenvalue weighted by Gasteiger charge is 2.27. The van der Waals surface area contributed by atoms with Gasteiger partial charge in [-0.15, -0.1) is 5.10 Å². The van der Waals surface area contributed by atoms with Gasteiger partial charge in [0.1, 0.15) is 5.82 Å². The second-order valence-electron chi connectivity index (χ2n) is 9.69. The molecule has 4 aromatic rings. The van der Waals surface area contributed by atoms with Gasteiger partial charge in [0, 0.05) is 47.5 Å². The quantitative estimate of drug-likeness (QED) is 0.451. The van der Waals surface area contributed by atoms with Gasteiger partial charge in [-0.25, -0.2) is 4.98 Å². The number of hydrogen-bond acceptors (Lipinski definition) is 6. The Morgan fingerprint density at radius 3 is 2.44 bits per heavy atom. The van der Waals surface area contributed by atoms with Crippen LogP contribution in [0.25, 0.3) is 10.8 Å². The zero-order valence-corrected chi connectivity index (χ0v) is 19.8. The van der Waals surface area contributed by atoms with Crippen molar-refractivity contribution in [2.75, 3.05) is 23.7 Å². The molecule has 1 saturated heterocycles. The van der Waals surface area contributed by atoms with Gasteiger partial charge < -0.3 is 15.7 Å². The van der Waals surface area contributed by atoms with E-state index in [2.05, 4.69) is 63.5 Å². The first kappa shape index (κ1) is 22.3. The van der Waals surface area contributed by atoms with Crippen LogP contribution >= 0.6 is 0 Å². The summed E-state index contributed by atoms with van der Waals surface area (Å²) in [5.74, 6) is 1.58. The van der Waals surface area contributed by atoms with Crippen molar-refractivity contribution in [3.63, 3.8) is 0 Å². The fourth-order valence-electron chi connectivity index (χ4n) is 4.94. The van der Waals surface area contributed by atoms with E-state index in [4.69, 9.17) is 10.8 Å². The first-order chi connectivity index (χ1) is 16.4. The Hall–Kier alpha value is -3.51. The molecular formula is C28H31N5O. The number of hydrogen-bond donors (Lipinski definition) is 2. The molecule has 2 aromatic heterocycles. The molecule has 6 nitrogen and oxygen atoms in total. The van der Waals surface area contributed by atoms with Gasteiger partial charge in [0.05, 0.1) is 11.3 Å². The second-order valence-corrected chi connectivity index (χ2v) is 9.69. The summed E-state index contributed by atoms with van der Waals surface area (Å²) < 4.78 is 0. The van der Waals surface area contributed by atoms with Crippen LogP contribution in [0.15, 0.2) is 66.7 Å². The highest BCUT2D eigenvalue weighted by atomic mass is 16.3. The van der Waals surface area contributed by atoms with E-state index in [1.807, 2.05) is 18.2 Å². The zero-order valence-electron chi connectivity index (χ0n) is 19.8. The number of aromatic nitrogens is 3. The molecule has 0 spiro atoms. The van der Waals surface area contributed by atoms with Crippen molar-refractivity contribution >= 4 is 22.4 Å². The molecule has 0 amide bonds. The molecule has 0 bridgehead atoms. The third-order valence-electron chi connectivity index (χ3n) is 6.70. The van der Waals surface area contributed by atoms with Crippen molar-refractivity contribution in [3.05, 3.63) is 89.2 Å². The van der Waals surface area contributed by atoms with Crippen molar-refractivity contribution in [1.82, 2.24) is 15.2 Å². The van der Waals surface area contributed by atoms with Gasteiger partial charge in [-0.05, 0) is 38.3 Å². The minimum Gasteiger partial charge on any atom is -0.386 e. The van der Waals surface area contributed by atoms with Crippen molar-refractivity contribution in [3.8, 4) is 0 Å². The van der Waals surface area contributed by atoms with Gasteiger partial charge in [0.25, 0.3) is 0 Å². The van der Waals surface area contributed by atoms with E-state index in [1.165, 1.54) is 5.56 Å². The number of anilines is 2. The van der Waals surface area contributed by atoms with E-state index in [9.17, 15) is 5.11 Å². The number of piperidine rings is 1. The number of fused-ring (bicyclic) bond motifs is 1. The smallest absolute Gasteiger partial charge is 0.159 e. The lowest BCUT2D eigenvalue weighted by Crippen LogP contribution is -2.35. The van der Waals surface area contributed by atoms with Crippen LogP contribution < -0.4 is 10.6 Å². The Balaban J connectivity index is 1.44. The van der Waals surface area contributed by atoms with Gasteiger partial charge in [-0.3, -0.25) is 0 Å².